The summed E-state index contributed by atoms with van der Waals surface area (Å²) in [6, 6.07) is 9.76. The van der Waals surface area contributed by atoms with E-state index in [4.69, 9.17) is 4.84 Å². The lowest BCUT2D eigenvalue weighted by molar-refractivity contribution is -0.139. The number of piperidine rings is 1. The van der Waals surface area contributed by atoms with E-state index in [1.54, 1.807) is 18.6 Å². The van der Waals surface area contributed by atoms with E-state index in [1.165, 1.54) is 0 Å². The SMILES string of the molecule is O=C(NOCc1ccccc1)[C@H]1CCCN(c2cnccn2)C1. The Balaban J connectivity index is 1.49. The van der Waals surface area contributed by atoms with Crippen LogP contribution in [0.1, 0.15) is 18.4 Å². The quantitative estimate of drug-likeness (QED) is 0.855. The number of nitrogens with zero attached hydrogens (tertiary/aromatic N) is 3. The maximum absolute atomic E-state index is 12.3. The van der Waals surface area contributed by atoms with Crippen LogP contribution >= 0.6 is 0 Å². The molecule has 0 saturated carbocycles. The number of hydrogen-bond donors (Lipinski definition) is 1. The summed E-state index contributed by atoms with van der Waals surface area (Å²) >= 11 is 0. The van der Waals surface area contributed by atoms with Crippen LogP contribution in [-0.4, -0.2) is 29.0 Å². The van der Waals surface area contributed by atoms with Crippen LogP contribution in [0.3, 0.4) is 0 Å². The van der Waals surface area contributed by atoms with Crippen molar-refractivity contribution in [1.82, 2.24) is 15.4 Å². The highest BCUT2D eigenvalue weighted by Gasteiger charge is 2.26. The van der Waals surface area contributed by atoms with Crippen molar-refractivity contribution < 1.29 is 9.63 Å². The van der Waals surface area contributed by atoms with E-state index >= 15 is 0 Å². The van der Waals surface area contributed by atoms with E-state index < -0.39 is 0 Å². The average molecular weight is 312 g/mol. The summed E-state index contributed by atoms with van der Waals surface area (Å²) in [4.78, 5) is 28.1. The summed E-state index contributed by atoms with van der Waals surface area (Å²) in [5, 5.41) is 0. The van der Waals surface area contributed by atoms with Gasteiger partial charge in [-0.25, -0.2) is 10.5 Å². The first-order valence-corrected chi connectivity index (χ1v) is 7.79. The van der Waals surface area contributed by atoms with Crippen molar-refractivity contribution in [3.05, 3.63) is 54.5 Å². The molecule has 3 rings (SSSR count). The Morgan fingerprint density at radius 2 is 2.17 bits per heavy atom. The largest absolute Gasteiger partial charge is 0.355 e. The minimum Gasteiger partial charge on any atom is -0.355 e. The van der Waals surface area contributed by atoms with E-state index in [1.807, 2.05) is 30.3 Å². The fraction of sp³-hybridized carbons (Fsp3) is 0.353. The minimum atomic E-state index is -0.0958. The molecule has 23 heavy (non-hydrogen) atoms. The molecule has 0 unspecified atom stereocenters. The second-order valence-electron chi connectivity index (χ2n) is 5.59. The van der Waals surface area contributed by atoms with Crippen molar-refractivity contribution in [2.45, 2.75) is 19.4 Å². The molecule has 0 radical (unpaired) electrons. The van der Waals surface area contributed by atoms with Crippen molar-refractivity contribution >= 4 is 11.7 Å². The highest BCUT2D eigenvalue weighted by Crippen LogP contribution is 2.20. The summed E-state index contributed by atoms with van der Waals surface area (Å²) in [7, 11) is 0. The molecule has 1 N–H and O–H groups in total. The summed E-state index contributed by atoms with van der Waals surface area (Å²) < 4.78 is 0. The van der Waals surface area contributed by atoms with Gasteiger partial charge in [0.2, 0.25) is 5.91 Å². The minimum absolute atomic E-state index is 0.0745. The number of carbonyl (C=O) groups excluding carboxylic acids is 1. The zero-order valence-corrected chi connectivity index (χ0v) is 12.9. The van der Waals surface area contributed by atoms with E-state index in [9.17, 15) is 4.79 Å². The first-order chi connectivity index (χ1) is 11.3. The molecule has 6 nitrogen and oxygen atoms in total. The van der Waals surface area contributed by atoms with E-state index in [2.05, 4.69) is 20.3 Å². The number of anilines is 1. The van der Waals surface area contributed by atoms with Gasteiger partial charge in [0.25, 0.3) is 0 Å². The third-order valence-corrected chi connectivity index (χ3v) is 3.92. The van der Waals surface area contributed by atoms with Crippen LogP contribution in [0.5, 0.6) is 0 Å². The van der Waals surface area contributed by atoms with Gasteiger partial charge in [-0.05, 0) is 18.4 Å². The average Bonchev–Trinajstić information content (AvgIpc) is 2.63. The fourth-order valence-corrected chi connectivity index (χ4v) is 2.70. The lowest BCUT2D eigenvalue weighted by atomic mass is 9.97. The maximum atomic E-state index is 12.3. The molecule has 1 amide bonds. The monoisotopic (exact) mass is 312 g/mol. The van der Waals surface area contributed by atoms with Crippen LogP contribution in [-0.2, 0) is 16.2 Å². The molecule has 6 heteroatoms. The topological polar surface area (TPSA) is 67.3 Å². The molecule has 1 aliphatic heterocycles. The van der Waals surface area contributed by atoms with E-state index in [-0.39, 0.29) is 11.8 Å². The predicted molar refractivity (Wildman–Crippen MR) is 86.3 cm³/mol. The summed E-state index contributed by atoms with van der Waals surface area (Å²) in [6.07, 6.45) is 6.86. The molecular weight excluding hydrogens is 292 g/mol. The van der Waals surface area contributed by atoms with Crippen molar-refractivity contribution in [2.75, 3.05) is 18.0 Å². The zero-order valence-electron chi connectivity index (χ0n) is 12.9. The summed E-state index contributed by atoms with van der Waals surface area (Å²) in [5.74, 6) is 0.645. The van der Waals surface area contributed by atoms with Gasteiger partial charge < -0.3 is 4.90 Å². The number of rotatable bonds is 5. The van der Waals surface area contributed by atoms with Crippen molar-refractivity contribution in [2.24, 2.45) is 5.92 Å². The molecule has 1 atom stereocenters. The predicted octanol–water partition coefficient (Wildman–Crippen LogP) is 1.94. The van der Waals surface area contributed by atoms with Crippen molar-refractivity contribution in [1.29, 1.82) is 0 Å². The van der Waals surface area contributed by atoms with E-state index in [0.717, 1.165) is 30.8 Å². The van der Waals surface area contributed by atoms with Gasteiger partial charge in [0.05, 0.1) is 18.7 Å². The molecular formula is C17H20N4O2. The summed E-state index contributed by atoms with van der Waals surface area (Å²) in [6.45, 7) is 1.90. The number of amides is 1. The van der Waals surface area contributed by atoms with Crippen LogP contribution in [0.25, 0.3) is 0 Å². The van der Waals surface area contributed by atoms with Gasteiger partial charge in [0.15, 0.2) is 0 Å². The Hall–Kier alpha value is -2.47. The number of aromatic nitrogens is 2. The van der Waals surface area contributed by atoms with Gasteiger partial charge in [-0.3, -0.25) is 14.6 Å². The fourth-order valence-electron chi connectivity index (χ4n) is 2.70. The third-order valence-electron chi connectivity index (χ3n) is 3.92. The van der Waals surface area contributed by atoms with Crippen LogP contribution in [0.15, 0.2) is 48.9 Å². The van der Waals surface area contributed by atoms with Gasteiger partial charge >= 0.3 is 0 Å². The highest BCUT2D eigenvalue weighted by atomic mass is 16.6. The lowest BCUT2D eigenvalue weighted by Crippen LogP contribution is -2.43. The lowest BCUT2D eigenvalue weighted by Gasteiger charge is -2.32. The van der Waals surface area contributed by atoms with Crippen LogP contribution in [0, 0.1) is 5.92 Å². The Labute approximate surface area is 135 Å². The first-order valence-electron chi connectivity index (χ1n) is 7.79. The van der Waals surface area contributed by atoms with Crippen molar-refractivity contribution in [3.8, 4) is 0 Å². The van der Waals surface area contributed by atoms with Gasteiger partial charge in [0, 0.05) is 25.5 Å². The third kappa shape index (κ3) is 4.26. The van der Waals surface area contributed by atoms with Crippen LogP contribution in [0.2, 0.25) is 0 Å². The smallest absolute Gasteiger partial charge is 0.248 e. The number of nitrogens with one attached hydrogen (secondary N) is 1. The molecule has 2 aromatic rings. The molecule has 1 fully saturated rings. The maximum Gasteiger partial charge on any atom is 0.248 e. The molecule has 1 saturated heterocycles. The standard InChI is InChI=1S/C17H20N4O2/c22-17(20-23-13-14-5-2-1-3-6-14)15-7-4-10-21(12-15)16-11-18-8-9-19-16/h1-3,5-6,8-9,11,15H,4,7,10,12-13H2,(H,20,22)/t15-/m0/s1. The highest BCUT2D eigenvalue weighted by molar-refractivity contribution is 5.78. The van der Waals surface area contributed by atoms with Gasteiger partial charge in [-0.2, -0.15) is 0 Å². The second-order valence-corrected chi connectivity index (χ2v) is 5.59. The Morgan fingerprint density at radius 3 is 2.96 bits per heavy atom. The number of carbonyl (C=O) groups is 1. The van der Waals surface area contributed by atoms with E-state index in [0.29, 0.717) is 13.2 Å². The Kier molecular flexibility index (Phi) is 5.16. The molecule has 120 valence electrons. The second kappa shape index (κ2) is 7.69. The molecule has 2 heterocycles. The molecule has 1 aromatic carbocycles. The number of benzene rings is 1. The molecule has 0 spiro atoms. The van der Waals surface area contributed by atoms with Gasteiger partial charge in [-0.1, -0.05) is 30.3 Å². The Bertz CT molecular complexity index is 621. The molecule has 0 bridgehead atoms. The number of hydrogen-bond acceptors (Lipinski definition) is 5. The van der Waals surface area contributed by atoms with Crippen molar-refractivity contribution in [3.63, 3.8) is 0 Å². The zero-order chi connectivity index (χ0) is 15.9. The normalized spacial score (nSPS) is 17.7. The molecule has 1 aromatic heterocycles. The van der Waals surface area contributed by atoms with Gasteiger partial charge in [-0.15, -0.1) is 0 Å². The van der Waals surface area contributed by atoms with Gasteiger partial charge in [0.1, 0.15) is 5.82 Å². The Morgan fingerprint density at radius 1 is 1.30 bits per heavy atom. The number of hydroxylamine groups is 1. The summed E-state index contributed by atoms with van der Waals surface area (Å²) in [5.41, 5.74) is 3.60. The van der Waals surface area contributed by atoms with Crippen LogP contribution in [0.4, 0.5) is 5.82 Å². The first kappa shape index (κ1) is 15.4. The molecule has 1 aliphatic rings. The van der Waals surface area contributed by atoms with Crippen LogP contribution < -0.4 is 10.4 Å². The molecule has 0 aliphatic carbocycles.